The molecule has 0 unspecified atom stereocenters. The number of nitrogens with two attached hydrogens (primary N) is 1. The smallest absolute Gasteiger partial charge is 0.219 e. The molecule has 1 amide bonds. The molecule has 2 N–H and O–H groups in total. The molecule has 92 valence electrons. The van der Waals surface area contributed by atoms with Gasteiger partial charge >= 0.3 is 0 Å². The van der Waals surface area contributed by atoms with Crippen LogP contribution in [-0.4, -0.2) is 54.0 Å². The van der Waals surface area contributed by atoms with Crippen molar-refractivity contribution in [3.63, 3.8) is 0 Å². The first-order chi connectivity index (χ1) is 7.72. The van der Waals surface area contributed by atoms with Gasteiger partial charge in [0, 0.05) is 45.2 Å². The maximum Gasteiger partial charge on any atom is 0.219 e. The lowest BCUT2D eigenvalue weighted by Crippen LogP contribution is -2.51. The predicted molar refractivity (Wildman–Crippen MR) is 64.1 cm³/mol. The van der Waals surface area contributed by atoms with Gasteiger partial charge in [-0.3, -0.25) is 9.69 Å². The molecular formula is C12H23N3O. The lowest BCUT2D eigenvalue weighted by molar-refractivity contribution is -0.131. The van der Waals surface area contributed by atoms with E-state index in [1.54, 1.807) is 6.92 Å². The predicted octanol–water partition coefficient (Wildman–Crippen LogP) is 0.420. The Bertz CT molecular complexity index is 253. The van der Waals surface area contributed by atoms with Gasteiger partial charge < -0.3 is 10.6 Å². The third kappa shape index (κ3) is 2.74. The third-order valence-electron chi connectivity index (χ3n) is 3.71. The van der Waals surface area contributed by atoms with Crippen molar-refractivity contribution in [2.75, 3.05) is 26.2 Å². The Hall–Kier alpha value is -0.610. The fourth-order valence-corrected chi connectivity index (χ4v) is 2.73. The minimum Gasteiger partial charge on any atom is -0.341 e. The van der Waals surface area contributed by atoms with Crippen molar-refractivity contribution in [1.82, 2.24) is 9.80 Å². The van der Waals surface area contributed by atoms with Gasteiger partial charge in [-0.1, -0.05) is 0 Å². The molecule has 2 rings (SSSR count). The second-order valence-corrected chi connectivity index (χ2v) is 5.02. The second-order valence-electron chi connectivity index (χ2n) is 5.02. The van der Waals surface area contributed by atoms with Crippen molar-refractivity contribution in [1.29, 1.82) is 0 Å². The van der Waals surface area contributed by atoms with Crippen LogP contribution in [0.15, 0.2) is 0 Å². The van der Waals surface area contributed by atoms with Gasteiger partial charge in [0.25, 0.3) is 0 Å². The first-order valence-electron chi connectivity index (χ1n) is 6.43. The molecule has 16 heavy (non-hydrogen) atoms. The molecule has 2 fully saturated rings. The normalized spacial score (nSPS) is 26.2. The summed E-state index contributed by atoms with van der Waals surface area (Å²) < 4.78 is 0. The number of rotatable bonds is 4. The van der Waals surface area contributed by atoms with E-state index in [9.17, 15) is 4.79 Å². The molecule has 1 saturated heterocycles. The van der Waals surface area contributed by atoms with Crippen LogP contribution in [0.5, 0.6) is 0 Å². The van der Waals surface area contributed by atoms with Crippen molar-refractivity contribution in [2.45, 2.75) is 44.7 Å². The molecule has 1 heterocycles. The molecule has 0 bridgehead atoms. The second kappa shape index (κ2) is 5.15. The Morgan fingerprint density at radius 3 is 2.69 bits per heavy atom. The summed E-state index contributed by atoms with van der Waals surface area (Å²) in [5.41, 5.74) is 5.67. The summed E-state index contributed by atoms with van der Waals surface area (Å²) in [6.07, 6.45) is 4.99. The Labute approximate surface area is 97.8 Å². The largest absolute Gasteiger partial charge is 0.341 e. The summed E-state index contributed by atoms with van der Waals surface area (Å²) in [4.78, 5) is 15.9. The highest BCUT2D eigenvalue weighted by Gasteiger charge is 2.35. The van der Waals surface area contributed by atoms with Crippen LogP contribution in [0.25, 0.3) is 0 Å². The van der Waals surface area contributed by atoms with Crippen molar-refractivity contribution in [2.24, 2.45) is 5.73 Å². The summed E-state index contributed by atoms with van der Waals surface area (Å²) in [5.74, 6) is 0.216. The van der Waals surface area contributed by atoms with Crippen LogP contribution < -0.4 is 5.73 Å². The number of piperidine rings is 1. The molecule has 0 aromatic carbocycles. The third-order valence-corrected chi connectivity index (χ3v) is 3.71. The van der Waals surface area contributed by atoms with Crippen molar-refractivity contribution in [3.05, 3.63) is 0 Å². The van der Waals surface area contributed by atoms with Gasteiger partial charge in [0.1, 0.15) is 0 Å². The Kier molecular flexibility index (Phi) is 3.82. The van der Waals surface area contributed by atoms with Crippen LogP contribution in [-0.2, 0) is 4.79 Å². The van der Waals surface area contributed by atoms with E-state index >= 15 is 0 Å². The first-order valence-corrected chi connectivity index (χ1v) is 6.43. The number of hydrogen-bond acceptors (Lipinski definition) is 3. The molecule has 1 atom stereocenters. The van der Waals surface area contributed by atoms with E-state index in [1.807, 2.05) is 4.90 Å². The molecule has 0 aromatic heterocycles. The van der Waals surface area contributed by atoms with E-state index in [1.165, 1.54) is 19.3 Å². The number of carbonyl (C=O) groups is 1. The SMILES string of the molecule is CC(=O)N1CCC[C@H](N(CCN)C2CC2)C1. The van der Waals surface area contributed by atoms with E-state index in [0.717, 1.165) is 38.6 Å². The average molecular weight is 225 g/mol. The molecule has 0 aromatic rings. The van der Waals surface area contributed by atoms with Gasteiger partial charge in [0.05, 0.1) is 0 Å². The Morgan fingerprint density at radius 2 is 2.12 bits per heavy atom. The number of carbonyl (C=O) groups excluding carboxylic acids is 1. The quantitative estimate of drug-likeness (QED) is 0.754. The average Bonchev–Trinajstić information content (AvgIpc) is 3.10. The molecule has 1 aliphatic heterocycles. The number of likely N-dealkylation sites (tertiary alicyclic amines) is 1. The van der Waals surface area contributed by atoms with Gasteiger partial charge in [-0.2, -0.15) is 0 Å². The van der Waals surface area contributed by atoms with E-state index in [2.05, 4.69) is 4.90 Å². The van der Waals surface area contributed by atoms with Gasteiger partial charge in [0.2, 0.25) is 5.91 Å². The zero-order chi connectivity index (χ0) is 11.5. The van der Waals surface area contributed by atoms with Crippen molar-refractivity contribution >= 4 is 5.91 Å². The van der Waals surface area contributed by atoms with Crippen LogP contribution in [0, 0.1) is 0 Å². The standard InChI is InChI=1S/C12H23N3O/c1-10(16)14-7-2-3-12(9-14)15(8-6-13)11-4-5-11/h11-12H,2-9,13H2,1H3/t12-/m0/s1. The van der Waals surface area contributed by atoms with Crippen LogP contribution in [0.2, 0.25) is 0 Å². The monoisotopic (exact) mass is 225 g/mol. The summed E-state index contributed by atoms with van der Waals surface area (Å²) in [5, 5.41) is 0. The highest BCUT2D eigenvalue weighted by molar-refractivity contribution is 5.73. The number of amides is 1. The van der Waals surface area contributed by atoms with E-state index in [4.69, 9.17) is 5.73 Å². The molecule has 0 radical (unpaired) electrons. The summed E-state index contributed by atoms with van der Waals surface area (Å²) in [6, 6.07) is 1.30. The van der Waals surface area contributed by atoms with Crippen molar-refractivity contribution < 1.29 is 4.79 Å². The highest BCUT2D eigenvalue weighted by Crippen LogP contribution is 2.30. The summed E-state index contributed by atoms with van der Waals surface area (Å²) >= 11 is 0. The Morgan fingerprint density at radius 1 is 1.38 bits per heavy atom. The maximum absolute atomic E-state index is 11.4. The van der Waals surface area contributed by atoms with E-state index in [-0.39, 0.29) is 5.91 Å². The zero-order valence-corrected chi connectivity index (χ0v) is 10.2. The zero-order valence-electron chi connectivity index (χ0n) is 10.2. The summed E-state index contributed by atoms with van der Waals surface area (Å²) in [7, 11) is 0. The lowest BCUT2D eigenvalue weighted by Gasteiger charge is -2.39. The van der Waals surface area contributed by atoms with E-state index in [0.29, 0.717) is 6.04 Å². The molecule has 0 spiro atoms. The molecular weight excluding hydrogens is 202 g/mol. The Balaban J connectivity index is 1.93. The number of nitrogens with zero attached hydrogens (tertiary/aromatic N) is 2. The van der Waals surface area contributed by atoms with E-state index < -0.39 is 0 Å². The molecule has 1 saturated carbocycles. The molecule has 2 aliphatic rings. The van der Waals surface area contributed by atoms with Gasteiger partial charge in [0.15, 0.2) is 0 Å². The van der Waals surface area contributed by atoms with Crippen LogP contribution in [0.1, 0.15) is 32.6 Å². The highest BCUT2D eigenvalue weighted by atomic mass is 16.2. The first kappa shape index (κ1) is 11.9. The minimum absolute atomic E-state index is 0.216. The fourth-order valence-electron chi connectivity index (χ4n) is 2.73. The summed E-state index contributed by atoms with van der Waals surface area (Å²) in [6.45, 7) is 5.24. The fraction of sp³-hybridized carbons (Fsp3) is 0.917. The van der Waals surface area contributed by atoms with Gasteiger partial charge in [-0.15, -0.1) is 0 Å². The van der Waals surface area contributed by atoms with Crippen molar-refractivity contribution in [3.8, 4) is 0 Å². The molecule has 4 heteroatoms. The topological polar surface area (TPSA) is 49.6 Å². The molecule has 4 nitrogen and oxygen atoms in total. The van der Waals surface area contributed by atoms with Crippen LogP contribution in [0.3, 0.4) is 0 Å². The lowest BCUT2D eigenvalue weighted by atomic mass is 10.0. The molecule has 1 aliphatic carbocycles. The van der Waals surface area contributed by atoms with Gasteiger partial charge in [-0.05, 0) is 25.7 Å². The minimum atomic E-state index is 0.216. The van der Waals surface area contributed by atoms with Crippen LogP contribution >= 0.6 is 0 Å². The van der Waals surface area contributed by atoms with Gasteiger partial charge in [-0.25, -0.2) is 0 Å². The maximum atomic E-state index is 11.4. The number of hydrogen-bond donors (Lipinski definition) is 1. The van der Waals surface area contributed by atoms with Crippen LogP contribution in [0.4, 0.5) is 0 Å².